The Bertz CT molecular complexity index is 1670. The number of benzene rings is 2. The second kappa shape index (κ2) is 11.0. The lowest BCUT2D eigenvalue weighted by molar-refractivity contribution is -0.205. The van der Waals surface area contributed by atoms with E-state index >= 15 is 0 Å². The molecule has 10 nitrogen and oxygen atoms in total. The first-order valence-corrected chi connectivity index (χ1v) is 15.3. The summed E-state index contributed by atoms with van der Waals surface area (Å²) >= 11 is 0. The minimum atomic E-state index is -4.66. The molecule has 2 atom stereocenters. The Kier molecular flexibility index (Phi) is 7.17. The predicted octanol–water partition coefficient (Wildman–Crippen LogP) is 3.76. The summed E-state index contributed by atoms with van der Waals surface area (Å²) < 4.78 is 48.3. The minimum Gasteiger partial charge on any atom is -0.447 e. The van der Waals surface area contributed by atoms with Gasteiger partial charge in [0, 0.05) is 37.8 Å². The number of ether oxygens (including phenoxy) is 1. The van der Waals surface area contributed by atoms with Crippen LogP contribution in [0.4, 0.5) is 18.0 Å². The Morgan fingerprint density at radius 2 is 1.54 bits per heavy atom. The molecule has 46 heavy (non-hydrogen) atoms. The average Bonchev–Trinajstić information content (AvgIpc) is 3.37. The summed E-state index contributed by atoms with van der Waals surface area (Å²) in [6.45, 7) is 0.182. The number of carbonyl (C=O) groups excluding carboxylic acids is 4. The van der Waals surface area contributed by atoms with E-state index in [-0.39, 0.29) is 45.6 Å². The van der Waals surface area contributed by atoms with Gasteiger partial charge in [0.2, 0.25) is 11.8 Å². The zero-order valence-corrected chi connectivity index (χ0v) is 24.9. The maximum atomic E-state index is 14.2. The minimum absolute atomic E-state index is 0.00114. The summed E-state index contributed by atoms with van der Waals surface area (Å²) in [7, 11) is 0. The van der Waals surface area contributed by atoms with Crippen LogP contribution >= 0.6 is 0 Å². The van der Waals surface area contributed by atoms with Gasteiger partial charge in [-0.3, -0.25) is 19.1 Å². The number of alkyl halides is 3. The summed E-state index contributed by atoms with van der Waals surface area (Å²) in [4.78, 5) is 57.7. The SMILES string of the molecule is O=C(c1cnn(Cc2ccccc2)c1)N1CC(C(=O)N2C(=O)OCC2Cc2ccccc2)C2(C1)CN(C(=O)C1(C(F)(F)F)CC1)C2. The van der Waals surface area contributed by atoms with Crippen molar-refractivity contribution < 1.29 is 37.1 Å². The van der Waals surface area contributed by atoms with Crippen molar-refractivity contribution >= 4 is 23.8 Å². The quantitative estimate of drug-likeness (QED) is 0.392. The lowest BCUT2D eigenvalue weighted by atomic mass is 9.70. The van der Waals surface area contributed by atoms with Crippen molar-refractivity contribution in [2.24, 2.45) is 16.7 Å². The molecule has 0 radical (unpaired) electrons. The molecule has 3 aromatic rings. The maximum absolute atomic E-state index is 14.2. The van der Waals surface area contributed by atoms with Gasteiger partial charge < -0.3 is 14.5 Å². The summed E-state index contributed by atoms with van der Waals surface area (Å²) in [6, 6.07) is 18.3. The molecular weight excluding hydrogens is 603 g/mol. The van der Waals surface area contributed by atoms with Crippen LogP contribution in [0.15, 0.2) is 73.1 Å². The largest absolute Gasteiger partial charge is 0.447 e. The highest BCUT2D eigenvalue weighted by Crippen LogP contribution is 2.60. The van der Waals surface area contributed by atoms with Crippen LogP contribution < -0.4 is 0 Å². The number of carbonyl (C=O) groups is 4. The molecule has 2 unspecified atom stereocenters. The maximum Gasteiger partial charge on any atom is 0.416 e. The van der Waals surface area contributed by atoms with E-state index in [1.54, 1.807) is 10.9 Å². The first-order chi connectivity index (χ1) is 22.0. The van der Waals surface area contributed by atoms with E-state index in [1.807, 2.05) is 60.7 Å². The number of hydrogen-bond donors (Lipinski definition) is 0. The Morgan fingerprint density at radius 3 is 2.17 bits per heavy atom. The van der Waals surface area contributed by atoms with E-state index in [0.29, 0.717) is 18.5 Å². The predicted molar refractivity (Wildman–Crippen MR) is 156 cm³/mol. The summed E-state index contributed by atoms with van der Waals surface area (Å²) in [5.74, 6) is -2.86. The fourth-order valence-electron chi connectivity index (χ4n) is 7.14. The van der Waals surface area contributed by atoms with Crippen LogP contribution in [-0.2, 0) is 27.3 Å². The third-order valence-electron chi connectivity index (χ3n) is 9.81. The van der Waals surface area contributed by atoms with Crippen LogP contribution in [0.25, 0.3) is 0 Å². The van der Waals surface area contributed by atoms with Gasteiger partial charge in [-0.05, 0) is 30.4 Å². The third-order valence-corrected chi connectivity index (χ3v) is 9.81. The van der Waals surface area contributed by atoms with E-state index in [4.69, 9.17) is 4.74 Å². The first-order valence-electron chi connectivity index (χ1n) is 15.3. The number of hydrogen-bond acceptors (Lipinski definition) is 6. The second-order valence-corrected chi connectivity index (χ2v) is 12.9. The number of amides is 4. The molecule has 13 heteroatoms. The second-order valence-electron chi connectivity index (χ2n) is 12.9. The Hall–Kier alpha value is -4.68. The fraction of sp³-hybridized carbons (Fsp3) is 0.424. The van der Waals surface area contributed by atoms with Gasteiger partial charge in [-0.15, -0.1) is 0 Å². The molecule has 0 N–H and O–H groups in total. The van der Waals surface area contributed by atoms with Crippen molar-refractivity contribution in [1.82, 2.24) is 24.5 Å². The van der Waals surface area contributed by atoms with Crippen molar-refractivity contribution in [3.63, 3.8) is 0 Å². The van der Waals surface area contributed by atoms with E-state index in [1.165, 1.54) is 11.1 Å². The molecule has 1 aromatic heterocycles. The van der Waals surface area contributed by atoms with Crippen molar-refractivity contribution in [2.45, 2.75) is 38.0 Å². The molecule has 4 heterocycles. The third kappa shape index (κ3) is 5.11. The lowest BCUT2D eigenvalue weighted by Crippen LogP contribution is -2.66. The topological polar surface area (TPSA) is 105 Å². The summed E-state index contributed by atoms with van der Waals surface area (Å²) in [5, 5.41) is 4.32. The normalized spacial score (nSPS) is 22.9. The molecule has 4 aliphatic rings. The van der Waals surface area contributed by atoms with Gasteiger partial charge in [-0.2, -0.15) is 18.3 Å². The highest BCUT2D eigenvalue weighted by atomic mass is 19.4. The highest BCUT2D eigenvalue weighted by Gasteiger charge is 2.72. The number of cyclic esters (lactones) is 1. The number of rotatable bonds is 7. The van der Waals surface area contributed by atoms with Gasteiger partial charge >= 0.3 is 12.3 Å². The smallest absolute Gasteiger partial charge is 0.416 e. The zero-order valence-electron chi connectivity index (χ0n) is 24.9. The number of halogens is 3. The molecule has 1 spiro atoms. The summed E-state index contributed by atoms with van der Waals surface area (Å²) in [5.41, 5.74) is -1.21. The van der Waals surface area contributed by atoms with Crippen LogP contribution in [0.5, 0.6) is 0 Å². The average molecular weight is 636 g/mol. The van der Waals surface area contributed by atoms with E-state index in [9.17, 15) is 32.3 Å². The van der Waals surface area contributed by atoms with Crippen LogP contribution in [-0.4, -0.2) is 93.3 Å². The van der Waals surface area contributed by atoms with Gasteiger partial charge in [-0.25, -0.2) is 9.69 Å². The van der Waals surface area contributed by atoms with Crippen molar-refractivity contribution in [3.8, 4) is 0 Å². The Labute approximate surface area is 262 Å². The Balaban J connectivity index is 1.13. The molecular formula is C33H32F3N5O5. The number of imide groups is 1. The van der Waals surface area contributed by atoms with Gasteiger partial charge in [0.05, 0.1) is 30.3 Å². The fourth-order valence-corrected chi connectivity index (χ4v) is 7.14. The first kappa shape index (κ1) is 30.0. The Morgan fingerprint density at radius 1 is 0.913 bits per heavy atom. The molecule has 240 valence electrons. The molecule has 4 amide bonds. The zero-order chi connectivity index (χ0) is 32.3. The van der Waals surface area contributed by atoms with Crippen LogP contribution in [0.3, 0.4) is 0 Å². The van der Waals surface area contributed by atoms with Crippen molar-refractivity contribution in [2.75, 3.05) is 32.8 Å². The van der Waals surface area contributed by atoms with Crippen LogP contribution in [0.1, 0.15) is 34.3 Å². The molecule has 3 aliphatic heterocycles. The number of aromatic nitrogens is 2. The molecule has 0 bridgehead atoms. The van der Waals surface area contributed by atoms with Gasteiger partial charge in [0.15, 0.2) is 0 Å². The van der Waals surface area contributed by atoms with Crippen molar-refractivity contribution in [1.29, 1.82) is 0 Å². The van der Waals surface area contributed by atoms with E-state index in [0.717, 1.165) is 20.9 Å². The molecule has 4 fully saturated rings. The number of likely N-dealkylation sites (tertiary alicyclic amines) is 2. The van der Waals surface area contributed by atoms with E-state index in [2.05, 4.69) is 5.10 Å². The van der Waals surface area contributed by atoms with Gasteiger partial charge in [0.1, 0.15) is 12.0 Å². The van der Waals surface area contributed by atoms with Gasteiger partial charge in [-0.1, -0.05) is 60.7 Å². The monoisotopic (exact) mass is 635 g/mol. The van der Waals surface area contributed by atoms with E-state index < -0.39 is 52.8 Å². The molecule has 2 aromatic carbocycles. The van der Waals surface area contributed by atoms with Crippen molar-refractivity contribution in [3.05, 3.63) is 89.7 Å². The summed E-state index contributed by atoms with van der Waals surface area (Å²) in [6.07, 6.45) is -2.57. The molecule has 7 rings (SSSR count). The van der Waals surface area contributed by atoms with Crippen LogP contribution in [0.2, 0.25) is 0 Å². The lowest BCUT2D eigenvalue weighted by Gasteiger charge is -2.51. The number of nitrogens with zero attached hydrogens (tertiary/aromatic N) is 5. The molecule has 3 saturated heterocycles. The molecule has 1 aliphatic carbocycles. The highest BCUT2D eigenvalue weighted by molar-refractivity contribution is 5.98. The van der Waals surface area contributed by atoms with Crippen LogP contribution in [0, 0.1) is 16.7 Å². The van der Waals surface area contributed by atoms with Gasteiger partial charge in [0.25, 0.3) is 5.91 Å². The standard InChI is InChI=1S/C33H32F3N5O5/c34-33(35,36)32(11-12-32)29(44)39-20-31(21-39)19-38(27(42)24-14-37-40(16-24)15-23-9-5-2-6-10-23)17-26(31)28(43)41-25(18-46-30(41)45)13-22-7-3-1-4-8-22/h1-10,14,16,25-26H,11-13,15,17-21H2. The molecule has 1 saturated carbocycles.